The molecule has 7 heteroatoms. The first-order valence-electron chi connectivity index (χ1n) is 9.78. The lowest BCUT2D eigenvalue weighted by Gasteiger charge is -2.10. The summed E-state index contributed by atoms with van der Waals surface area (Å²) < 4.78 is 2.17. The summed E-state index contributed by atoms with van der Waals surface area (Å²) in [5.74, 6) is 2.25. The van der Waals surface area contributed by atoms with Gasteiger partial charge in [0, 0.05) is 35.3 Å². The van der Waals surface area contributed by atoms with Gasteiger partial charge in [0.25, 0.3) is 0 Å². The van der Waals surface area contributed by atoms with Crippen LogP contribution in [0.3, 0.4) is 0 Å². The number of hydrogen-bond acceptors (Lipinski definition) is 6. The first-order chi connectivity index (χ1) is 14.3. The number of aryl methyl sites for hydroxylation is 1. The van der Waals surface area contributed by atoms with Gasteiger partial charge in [0.2, 0.25) is 5.16 Å². The van der Waals surface area contributed by atoms with E-state index in [2.05, 4.69) is 38.8 Å². The third-order valence-corrected chi connectivity index (χ3v) is 5.73. The van der Waals surface area contributed by atoms with Crippen molar-refractivity contribution in [3.05, 3.63) is 72.4 Å². The summed E-state index contributed by atoms with van der Waals surface area (Å²) in [6.07, 6.45) is 6.72. The van der Waals surface area contributed by atoms with Crippen molar-refractivity contribution in [3.63, 3.8) is 0 Å². The molecule has 1 aromatic carbocycles. The summed E-state index contributed by atoms with van der Waals surface area (Å²) in [5, 5.41) is 10.7. The smallest absolute Gasteiger partial charge is 0.202 e. The lowest BCUT2D eigenvalue weighted by atomic mass is 10.2. The summed E-state index contributed by atoms with van der Waals surface area (Å²) in [6, 6.07) is 16.2. The van der Waals surface area contributed by atoms with Crippen LogP contribution in [0.15, 0.2) is 71.1 Å². The van der Waals surface area contributed by atoms with E-state index < -0.39 is 0 Å². The molecule has 1 fully saturated rings. The van der Waals surface area contributed by atoms with E-state index in [1.54, 1.807) is 12.4 Å². The number of para-hydroxylation sites is 1. The Kier molecular flexibility index (Phi) is 4.81. The quantitative estimate of drug-likeness (QED) is 0.437. The monoisotopic (exact) mass is 400 g/mol. The third-order valence-electron chi connectivity index (χ3n) is 4.87. The molecule has 1 aliphatic carbocycles. The van der Waals surface area contributed by atoms with Crippen LogP contribution in [0.2, 0.25) is 0 Å². The number of nitrogens with zero attached hydrogens (tertiary/aromatic N) is 6. The lowest BCUT2D eigenvalue weighted by Crippen LogP contribution is -2.02. The van der Waals surface area contributed by atoms with Gasteiger partial charge in [0.15, 0.2) is 5.82 Å². The van der Waals surface area contributed by atoms with Crippen LogP contribution in [0, 0.1) is 0 Å². The number of pyridine rings is 1. The molecule has 6 nitrogen and oxygen atoms in total. The molecule has 4 aromatic rings. The fraction of sp³-hybridized carbons (Fsp3) is 0.227. The van der Waals surface area contributed by atoms with Gasteiger partial charge in [-0.25, -0.2) is 9.97 Å². The Hall–Kier alpha value is -3.06. The molecule has 0 spiro atoms. The minimum absolute atomic E-state index is 0.501. The van der Waals surface area contributed by atoms with Crippen molar-refractivity contribution in [3.8, 4) is 17.1 Å². The second-order valence-electron chi connectivity index (χ2n) is 7.00. The lowest BCUT2D eigenvalue weighted by molar-refractivity contribution is 0.827. The normalized spacial score (nSPS) is 13.6. The first kappa shape index (κ1) is 18.0. The third kappa shape index (κ3) is 3.78. The van der Waals surface area contributed by atoms with E-state index in [1.165, 1.54) is 24.6 Å². The van der Waals surface area contributed by atoms with Gasteiger partial charge in [-0.05, 0) is 61.4 Å². The molecule has 0 N–H and O–H groups in total. The van der Waals surface area contributed by atoms with E-state index in [9.17, 15) is 0 Å². The Balaban J connectivity index is 1.56. The average molecular weight is 401 g/mol. The molecule has 3 aromatic heterocycles. The Morgan fingerprint density at radius 2 is 1.79 bits per heavy atom. The number of benzene rings is 1. The van der Waals surface area contributed by atoms with Gasteiger partial charge in [-0.1, -0.05) is 25.1 Å². The molecule has 0 aliphatic heterocycles. The van der Waals surface area contributed by atoms with E-state index in [0.717, 1.165) is 39.4 Å². The fourth-order valence-electron chi connectivity index (χ4n) is 3.20. The summed E-state index contributed by atoms with van der Waals surface area (Å²) in [4.78, 5) is 13.6. The first-order valence-corrected chi connectivity index (χ1v) is 10.6. The molecule has 1 saturated carbocycles. The van der Waals surface area contributed by atoms with E-state index in [0.29, 0.717) is 11.7 Å². The Labute approximate surface area is 173 Å². The van der Waals surface area contributed by atoms with Gasteiger partial charge in [-0.15, -0.1) is 10.2 Å². The van der Waals surface area contributed by atoms with E-state index >= 15 is 0 Å². The minimum Gasteiger partial charge on any atom is -0.273 e. The molecule has 144 valence electrons. The van der Waals surface area contributed by atoms with Crippen molar-refractivity contribution >= 4 is 11.8 Å². The molecule has 0 bridgehead atoms. The molecule has 0 unspecified atom stereocenters. The molecular formula is C22H20N6S. The maximum Gasteiger partial charge on any atom is 0.202 e. The topological polar surface area (TPSA) is 69.4 Å². The number of rotatable bonds is 6. The highest BCUT2D eigenvalue weighted by molar-refractivity contribution is 7.99. The van der Waals surface area contributed by atoms with Gasteiger partial charge in [-0.2, -0.15) is 0 Å². The molecule has 0 atom stereocenters. The van der Waals surface area contributed by atoms with Crippen molar-refractivity contribution in [1.82, 2.24) is 29.7 Å². The van der Waals surface area contributed by atoms with Crippen LogP contribution in [0.1, 0.15) is 37.2 Å². The fourth-order valence-corrected chi connectivity index (χ4v) is 4.09. The van der Waals surface area contributed by atoms with E-state index in [-0.39, 0.29) is 0 Å². The largest absolute Gasteiger partial charge is 0.273 e. The average Bonchev–Trinajstić information content (AvgIpc) is 3.55. The van der Waals surface area contributed by atoms with Crippen LogP contribution < -0.4 is 0 Å². The molecule has 0 radical (unpaired) electrons. The van der Waals surface area contributed by atoms with Gasteiger partial charge < -0.3 is 0 Å². The predicted molar refractivity (Wildman–Crippen MR) is 112 cm³/mol. The number of aromatic nitrogens is 6. The van der Waals surface area contributed by atoms with Crippen molar-refractivity contribution in [2.75, 3.05) is 0 Å². The zero-order chi connectivity index (χ0) is 19.6. The predicted octanol–water partition coefficient (Wildman–Crippen LogP) is 4.71. The van der Waals surface area contributed by atoms with Crippen LogP contribution in [-0.4, -0.2) is 29.7 Å². The summed E-state index contributed by atoms with van der Waals surface area (Å²) in [7, 11) is 0. The highest BCUT2D eigenvalue weighted by Crippen LogP contribution is 2.41. The van der Waals surface area contributed by atoms with Gasteiger partial charge in [0.05, 0.1) is 0 Å². The van der Waals surface area contributed by atoms with Gasteiger partial charge in [0.1, 0.15) is 10.9 Å². The molecule has 0 saturated heterocycles. The Morgan fingerprint density at radius 3 is 2.52 bits per heavy atom. The van der Waals surface area contributed by atoms with Gasteiger partial charge >= 0.3 is 0 Å². The van der Waals surface area contributed by atoms with Crippen molar-refractivity contribution in [2.45, 2.75) is 42.3 Å². The SMILES string of the molecule is CCc1cc(Sc2nnc(C3CC3)n2-c2ccccc2)nc(-c2ccncc2)n1. The minimum atomic E-state index is 0.501. The number of hydrogen-bond donors (Lipinski definition) is 0. The van der Waals surface area contributed by atoms with Crippen molar-refractivity contribution in [2.24, 2.45) is 0 Å². The second-order valence-corrected chi connectivity index (χ2v) is 7.99. The van der Waals surface area contributed by atoms with Crippen molar-refractivity contribution in [1.29, 1.82) is 0 Å². The summed E-state index contributed by atoms with van der Waals surface area (Å²) in [6.45, 7) is 2.10. The highest BCUT2D eigenvalue weighted by Gasteiger charge is 2.31. The van der Waals surface area contributed by atoms with E-state index in [1.807, 2.05) is 36.4 Å². The Morgan fingerprint density at radius 1 is 1.00 bits per heavy atom. The molecule has 5 rings (SSSR count). The zero-order valence-corrected chi connectivity index (χ0v) is 16.9. The van der Waals surface area contributed by atoms with Crippen molar-refractivity contribution < 1.29 is 0 Å². The Bertz CT molecular complexity index is 1120. The molecule has 0 amide bonds. The maximum absolute atomic E-state index is 4.79. The second kappa shape index (κ2) is 7.75. The van der Waals surface area contributed by atoms with Gasteiger partial charge in [-0.3, -0.25) is 9.55 Å². The summed E-state index contributed by atoms with van der Waals surface area (Å²) >= 11 is 1.54. The van der Waals surface area contributed by atoms with Crippen LogP contribution >= 0.6 is 11.8 Å². The standard InChI is InChI=1S/C22H20N6S/c1-2-17-14-19(25-20(24-17)15-10-12-23-13-11-15)29-22-27-26-21(16-8-9-16)28(22)18-6-4-3-5-7-18/h3-7,10-14,16H,2,8-9H2,1H3. The zero-order valence-electron chi connectivity index (χ0n) is 16.1. The molecule has 1 aliphatic rings. The van der Waals surface area contributed by atoms with Crippen LogP contribution in [0.4, 0.5) is 0 Å². The van der Waals surface area contributed by atoms with Crippen LogP contribution in [0.25, 0.3) is 17.1 Å². The van der Waals surface area contributed by atoms with Crippen LogP contribution in [0.5, 0.6) is 0 Å². The molecule has 3 heterocycles. The molecule has 29 heavy (non-hydrogen) atoms. The van der Waals surface area contributed by atoms with Crippen LogP contribution in [-0.2, 0) is 6.42 Å². The molecular weight excluding hydrogens is 380 g/mol. The van der Waals surface area contributed by atoms with E-state index in [4.69, 9.17) is 9.97 Å². The summed E-state index contributed by atoms with van der Waals surface area (Å²) in [5.41, 5.74) is 3.05. The highest BCUT2D eigenvalue weighted by atomic mass is 32.2. The maximum atomic E-state index is 4.79.